The Bertz CT molecular complexity index is 599. The van der Waals surface area contributed by atoms with Gasteiger partial charge in [0.2, 0.25) is 5.91 Å². The molecular weight excluding hydrogens is 306 g/mol. The van der Waals surface area contributed by atoms with Crippen LogP contribution < -0.4 is 10.1 Å². The van der Waals surface area contributed by atoms with Crippen LogP contribution in [0.15, 0.2) is 24.3 Å². The molecule has 0 spiro atoms. The molecule has 0 saturated heterocycles. The molecule has 1 aromatic carbocycles. The molecule has 1 amide bonds. The van der Waals surface area contributed by atoms with Gasteiger partial charge in [0.1, 0.15) is 5.75 Å². The Balaban J connectivity index is 2.03. The maximum atomic E-state index is 12.4. The van der Waals surface area contributed by atoms with Crippen LogP contribution in [0.4, 0.5) is 0 Å². The molecule has 5 heteroatoms. The van der Waals surface area contributed by atoms with Gasteiger partial charge in [-0.15, -0.1) is 0 Å². The zero-order valence-corrected chi connectivity index (χ0v) is 14.7. The Kier molecular flexibility index (Phi) is 5.86. The van der Waals surface area contributed by atoms with Gasteiger partial charge in [-0.05, 0) is 51.3 Å². The van der Waals surface area contributed by atoms with Gasteiger partial charge in [0, 0.05) is 0 Å². The van der Waals surface area contributed by atoms with Gasteiger partial charge < -0.3 is 15.2 Å². The molecular formula is C19H27NO4. The molecule has 5 nitrogen and oxygen atoms in total. The first-order chi connectivity index (χ1) is 11.3. The number of nitrogens with one attached hydrogen (secondary N) is 1. The molecule has 0 bridgehead atoms. The topological polar surface area (TPSA) is 75.6 Å². The summed E-state index contributed by atoms with van der Waals surface area (Å²) in [6.45, 7) is 5.76. The number of amides is 1. The van der Waals surface area contributed by atoms with Crippen LogP contribution in [0.2, 0.25) is 0 Å². The standard InChI is InChI=1S/C19H27NO4/c1-13(2)24-15-8-6-7-14(11-15)12-17(21)20-19(3)10-5-4-9-16(19)18(22)23/h6-8,11,13,16H,4-5,9-10,12H2,1-3H3,(H,20,21)(H,22,23). The summed E-state index contributed by atoms with van der Waals surface area (Å²) in [6, 6.07) is 7.47. The maximum Gasteiger partial charge on any atom is 0.308 e. The number of carbonyl (C=O) groups excluding carboxylic acids is 1. The molecule has 0 heterocycles. The van der Waals surface area contributed by atoms with Crippen molar-refractivity contribution in [1.82, 2.24) is 5.32 Å². The number of ether oxygens (including phenoxy) is 1. The number of rotatable bonds is 6. The fourth-order valence-corrected chi connectivity index (χ4v) is 3.43. The molecule has 24 heavy (non-hydrogen) atoms. The number of hydrogen-bond acceptors (Lipinski definition) is 3. The van der Waals surface area contributed by atoms with Gasteiger partial charge in [0.05, 0.1) is 24.0 Å². The van der Waals surface area contributed by atoms with Gasteiger partial charge in [-0.1, -0.05) is 25.0 Å². The van der Waals surface area contributed by atoms with Gasteiger partial charge in [-0.3, -0.25) is 9.59 Å². The van der Waals surface area contributed by atoms with Crippen molar-refractivity contribution in [3.05, 3.63) is 29.8 Å². The highest BCUT2D eigenvalue weighted by molar-refractivity contribution is 5.81. The molecule has 0 aromatic heterocycles. The second kappa shape index (κ2) is 7.69. The van der Waals surface area contributed by atoms with E-state index in [0.29, 0.717) is 12.8 Å². The van der Waals surface area contributed by atoms with Crippen molar-refractivity contribution < 1.29 is 19.4 Å². The van der Waals surface area contributed by atoms with E-state index in [9.17, 15) is 14.7 Å². The molecule has 132 valence electrons. The summed E-state index contributed by atoms with van der Waals surface area (Å²) in [5.74, 6) is -0.759. The third-order valence-electron chi connectivity index (χ3n) is 4.57. The Hall–Kier alpha value is -2.04. The number of aliphatic carboxylic acids is 1. The number of carbonyl (C=O) groups is 2. The second-order valence-corrected chi connectivity index (χ2v) is 7.09. The number of carboxylic acids is 1. The summed E-state index contributed by atoms with van der Waals surface area (Å²) in [5, 5.41) is 12.4. The molecule has 2 atom stereocenters. The first-order valence-corrected chi connectivity index (χ1v) is 8.59. The van der Waals surface area contributed by atoms with E-state index in [1.54, 1.807) is 0 Å². The first kappa shape index (κ1) is 18.3. The highest BCUT2D eigenvalue weighted by Gasteiger charge is 2.42. The Labute approximate surface area is 143 Å². The van der Waals surface area contributed by atoms with E-state index in [4.69, 9.17) is 4.74 Å². The summed E-state index contributed by atoms with van der Waals surface area (Å²) in [5.41, 5.74) is 0.185. The molecule has 1 aliphatic carbocycles. The number of hydrogen-bond donors (Lipinski definition) is 2. The van der Waals surface area contributed by atoms with Crippen LogP contribution in [0.25, 0.3) is 0 Å². The van der Waals surface area contributed by atoms with Crippen LogP contribution in [0, 0.1) is 5.92 Å². The van der Waals surface area contributed by atoms with Crippen LogP contribution in [0.5, 0.6) is 5.75 Å². The van der Waals surface area contributed by atoms with E-state index in [1.165, 1.54) is 0 Å². The molecule has 2 rings (SSSR count). The molecule has 0 aliphatic heterocycles. The summed E-state index contributed by atoms with van der Waals surface area (Å²) in [7, 11) is 0. The molecule has 1 aliphatic rings. The number of benzene rings is 1. The highest BCUT2D eigenvalue weighted by atomic mass is 16.5. The lowest BCUT2D eigenvalue weighted by Crippen LogP contribution is -2.55. The van der Waals surface area contributed by atoms with Gasteiger partial charge in [0.25, 0.3) is 0 Å². The fourth-order valence-electron chi connectivity index (χ4n) is 3.43. The minimum Gasteiger partial charge on any atom is -0.491 e. The largest absolute Gasteiger partial charge is 0.491 e. The average molecular weight is 333 g/mol. The SMILES string of the molecule is CC(C)Oc1cccc(CC(=O)NC2(C)CCCCC2C(=O)O)c1. The van der Waals surface area contributed by atoms with Crippen LogP contribution in [0.3, 0.4) is 0 Å². The Morgan fingerprint density at radius 3 is 2.79 bits per heavy atom. The molecule has 0 radical (unpaired) electrons. The Morgan fingerprint density at radius 1 is 1.38 bits per heavy atom. The average Bonchev–Trinajstić information content (AvgIpc) is 2.46. The van der Waals surface area contributed by atoms with Crippen molar-refractivity contribution in [3.8, 4) is 5.75 Å². The normalized spacial score (nSPS) is 23.8. The van der Waals surface area contributed by atoms with Crippen molar-refractivity contribution in [1.29, 1.82) is 0 Å². The van der Waals surface area contributed by atoms with Gasteiger partial charge in [0.15, 0.2) is 0 Å². The van der Waals surface area contributed by atoms with Crippen LogP contribution in [0.1, 0.15) is 52.0 Å². The molecule has 1 aromatic rings. The highest BCUT2D eigenvalue weighted by Crippen LogP contribution is 2.34. The van der Waals surface area contributed by atoms with Crippen LogP contribution in [-0.4, -0.2) is 28.6 Å². The molecule has 2 N–H and O–H groups in total. The quantitative estimate of drug-likeness (QED) is 0.838. The second-order valence-electron chi connectivity index (χ2n) is 7.09. The fraction of sp³-hybridized carbons (Fsp3) is 0.579. The molecule has 1 saturated carbocycles. The van der Waals surface area contributed by atoms with Gasteiger partial charge in [-0.25, -0.2) is 0 Å². The Morgan fingerprint density at radius 2 is 2.12 bits per heavy atom. The summed E-state index contributed by atoms with van der Waals surface area (Å²) in [6.07, 6.45) is 3.45. The van der Waals surface area contributed by atoms with Gasteiger partial charge >= 0.3 is 5.97 Å². The minimum atomic E-state index is -0.829. The van der Waals surface area contributed by atoms with Crippen molar-refractivity contribution in [2.45, 2.75) is 64.5 Å². The third-order valence-corrected chi connectivity index (χ3v) is 4.57. The van der Waals surface area contributed by atoms with E-state index >= 15 is 0 Å². The zero-order chi connectivity index (χ0) is 17.7. The summed E-state index contributed by atoms with van der Waals surface area (Å²) >= 11 is 0. The van der Waals surface area contributed by atoms with E-state index in [1.807, 2.05) is 45.0 Å². The summed E-state index contributed by atoms with van der Waals surface area (Å²) in [4.78, 5) is 23.9. The van der Waals surface area contributed by atoms with E-state index < -0.39 is 17.4 Å². The van der Waals surface area contributed by atoms with E-state index in [2.05, 4.69) is 5.32 Å². The summed E-state index contributed by atoms with van der Waals surface area (Å²) < 4.78 is 5.65. The lowest BCUT2D eigenvalue weighted by atomic mass is 9.74. The lowest BCUT2D eigenvalue weighted by molar-refractivity contribution is -0.146. The predicted octanol–water partition coefficient (Wildman–Crippen LogP) is 3.17. The van der Waals surface area contributed by atoms with Crippen LogP contribution in [-0.2, 0) is 16.0 Å². The van der Waals surface area contributed by atoms with Crippen molar-refractivity contribution in [3.63, 3.8) is 0 Å². The third kappa shape index (κ3) is 4.73. The van der Waals surface area contributed by atoms with Crippen molar-refractivity contribution in [2.24, 2.45) is 5.92 Å². The van der Waals surface area contributed by atoms with E-state index in [0.717, 1.165) is 24.2 Å². The first-order valence-electron chi connectivity index (χ1n) is 8.59. The molecule has 2 unspecified atom stereocenters. The molecule has 1 fully saturated rings. The van der Waals surface area contributed by atoms with Gasteiger partial charge in [-0.2, -0.15) is 0 Å². The van der Waals surface area contributed by atoms with Crippen LogP contribution >= 0.6 is 0 Å². The maximum absolute atomic E-state index is 12.4. The smallest absolute Gasteiger partial charge is 0.308 e. The lowest BCUT2D eigenvalue weighted by Gasteiger charge is -2.39. The number of carboxylic acid groups (broad SMARTS) is 1. The zero-order valence-electron chi connectivity index (χ0n) is 14.7. The van der Waals surface area contributed by atoms with E-state index in [-0.39, 0.29) is 18.4 Å². The monoisotopic (exact) mass is 333 g/mol. The minimum absolute atomic E-state index is 0.0755. The predicted molar refractivity (Wildman–Crippen MR) is 92.1 cm³/mol. The van der Waals surface area contributed by atoms with Crippen molar-refractivity contribution >= 4 is 11.9 Å². The van der Waals surface area contributed by atoms with Crippen molar-refractivity contribution in [2.75, 3.05) is 0 Å².